The van der Waals surface area contributed by atoms with Gasteiger partial charge in [-0.3, -0.25) is 0 Å². The summed E-state index contributed by atoms with van der Waals surface area (Å²) in [6.45, 7) is 4.69. The Morgan fingerprint density at radius 2 is 2.23 bits per heavy atom. The van der Waals surface area contributed by atoms with Gasteiger partial charge in [-0.2, -0.15) is 0 Å². The SMILES string of the molecule is Cc1c(F)ccc2c1C(C)CCO2. The maximum Gasteiger partial charge on any atom is 0.126 e. The summed E-state index contributed by atoms with van der Waals surface area (Å²) in [5.74, 6) is 1.15. The van der Waals surface area contributed by atoms with Crippen molar-refractivity contribution in [2.24, 2.45) is 0 Å². The third kappa shape index (κ3) is 1.30. The molecule has 0 bridgehead atoms. The summed E-state index contributed by atoms with van der Waals surface area (Å²) < 4.78 is 18.7. The van der Waals surface area contributed by atoms with Gasteiger partial charge in [0.25, 0.3) is 0 Å². The first kappa shape index (κ1) is 8.54. The highest BCUT2D eigenvalue weighted by Gasteiger charge is 2.21. The molecule has 70 valence electrons. The molecule has 1 aromatic carbocycles. The summed E-state index contributed by atoms with van der Waals surface area (Å²) in [5, 5.41) is 0. The van der Waals surface area contributed by atoms with Crippen LogP contribution in [0.5, 0.6) is 5.75 Å². The molecule has 1 heterocycles. The number of fused-ring (bicyclic) bond motifs is 1. The van der Waals surface area contributed by atoms with Crippen LogP contribution in [-0.4, -0.2) is 6.61 Å². The maximum absolute atomic E-state index is 13.2. The molecule has 1 aliphatic heterocycles. The van der Waals surface area contributed by atoms with Crippen LogP contribution in [0.3, 0.4) is 0 Å². The fourth-order valence-corrected chi connectivity index (χ4v) is 1.91. The minimum Gasteiger partial charge on any atom is -0.493 e. The fourth-order valence-electron chi connectivity index (χ4n) is 1.91. The summed E-state index contributed by atoms with van der Waals surface area (Å²) in [6, 6.07) is 3.21. The largest absolute Gasteiger partial charge is 0.493 e. The second-order valence-electron chi connectivity index (χ2n) is 3.62. The quantitative estimate of drug-likeness (QED) is 0.596. The first-order valence-corrected chi connectivity index (χ1v) is 4.62. The zero-order valence-corrected chi connectivity index (χ0v) is 7.93. The van der Waals surface area contributed by atoms with Crippen molar-refractivity contribution in [3.63, 3.8) is 0 Å². The minimum absolute atomic E-state index is 0.129. The second kappa shape index (κ2) is 3.02. The molecule has 1 aliphatic rings. The molecule has 1 unspecified atom stereocenters. The van der Waals surface area contributed by atoms with Gasteiger partial charge in [0.05, 0.1) is 6.61 Å². The van der Waals surface area contributed by atoms with E-state index in [4.69, 9.17) is 4.74 Å². The maximum atomic E-state index is 13.2. The van der Waals surface area contributed by atoms with Gasteiger partial charge in [-0.25, -0.2) is 4.39 Å². The molecular formula is C11H13FO. The van der Waals surface area contributed by atoms with Crippen molar-refractivity contribution < 1.29 is 9.13 Å². The number of ether oxygens (including phenoxy) is 1. The molecule has 13 heavy (non-hydrogen) atoms. The Bertz CT molecular complexity index is 333. The van der Waals surface area contributed by atoms with E-state index in [-0.39, 0.29) is 5.82 Å². The number of benzene rings is 1. The van der Waals surface area contributed by atoms with Gasteiger partial charge in [-0.1, -0.05) is 6.92 Å². The predicted molar refractivity (Wildman–Crippen MR) is 49.7 cm³/mol. The van der Waals surface area contributed by atoms with Gasteiger partial charge in [0.1, 0.15) is 11.6 Å². The average Bonchev–Trinajstić information content (AvgIpc) is 2.12. The van der Waals surface area contributed by atoms with Gasteiger partial charge in [-0.15, -0.1) is 0 Å². The predicted octanol–water partition coefficient (Wildman–Crippen LogP) is 3.02. The van der Waals surface area contributed by atoms with Crippen LogP contribution >= 0.6 is 0 Å². The molecule has 0 spiro atoms. The first-order valence-electron chi connectivity index (χ1n) is 4.62. The Labute approximate surface area is 77.5 Å². The lowest BCUT2D eigenvalue weighted by atomic mass is 9.91. The standard InChI is InChI=1S/C11H13FO/c1-7-5-6-13-10-4-3-9(12)8(2)11(7)10/h3-4,7H,5-6H2,1-2H3. The summed E-state index contributed by atoms with van der Waals surface area (Å²) in [4.78, 5) is 0. The monoisotopic (exact) mass is 180 g/mol. The van der Waals surface area contributed by atoms with Crippen molar-refractivity contribution in [2.75, 3.05) is 6.61 Å². The van der Waals surface area contributed by atoms with E-state index < -0.39 is 0 Å². The molecule has 0 radical (unpaired) electrons. The molecule has 0 saturated carbocycles. The number of hydrogen-bond acceptors (Lipinski definition) is 1. The highest BCUT2D eigenvalue weighted by molar-refractivity contribution is 5.43. The van der Waals surface area contributed by atoms with Gasteiger partial charge < -0.3 is 4.74 Å². The summed E-state index contributed by atoms with van der Waals surface area (Å²) in [7, 11) is 0. The molecule has 0 fully saturated rings. The second-order valence-corrected chi connectivity index (χ2v) is 3.62. The van der Waals surface area contributed by atoms with E-state index in [0.717, 1.165) is 29.9 Å². The Morgan fingerprint density at radius 1 is 1.46 bits per heavy atom. The third-order valence-corrected chi connectivity index (χ3v) is 2.71. The van der Waals surface area contributed by atoms with Crippen molar-refractivity contribution in [3.8, 4) is 5.75 Å². The highest BCUT2D eigenvalue weighted by atomic mass is 19.1. The van der Waals surface area contributed by atoms with Crippen LogP contribution in [0.1, 0.15) is 30.4 Å². The van der Waals surface area contributed by atoms with Crippen molar-refractivity contribution in [2.45, 2.75) is 26.2 Å². The molecular weight excluding hydrogens is 167 g/mol. The number of halogens is 1. The molecule has 0 N–H and O–H groups in total. The summed E-state index contributed by atoms with van der Waals surface area (Å²) in [6.07, 6.45) is 0.983. The summed E-state index contributed by atoms with van der Waals surface area (Å²) in [5.41, 5.74) is 1.79. The molecule has 1 atom stereocenters. The Balaban J connectivity index is 2.58. The molecule has 0 aliphatic carbocycles. The van der Waals surface area contributed by atoms with E-state index in [9.17, 15) is 4.39 Å². The molecule has 0 amide bonds. The molecule has 0 saturated heterocycles. The average molecular weight is 180 g/mol. The van der Waals surface area contributed by atoms with Gasteiger partial charge in [0.15, 0.2) is 0 Å². The number of rotatable bonds is 0. The first-order chi connectivity index (χ1) is 6.20. The Morgan fingerprint density at radius 3 is 3.00 bits per heavy atom. The van der Waals surface area contributed by atoms with E-state index >= 15 is 0 Å². The van der Waals surface area contributed by atoms with E-state index in [1.165, 1.54) is 6.07 Å². The third-order valence-electron chi connectivity index (χ3n) is 2.71. The van der Waals surface area contributed by atoms with Crippen LogP contribution in [0.25, 0.3) is 0 Å². The molecule has 2 rings (SSSR count). The van der Waals surface area contributed by atoms with E-state index in [1.54, 1.807) is 6.07 Å². The minimum atomic E-state index is -0.129. The van der Waals surface area contributed by atoms with Crippen LogP contribution in [-0.2, 0) is 0 Å². The van der Waals surface area contributed by atoms with Gasteiger partial charge in [-0.05, 0) is 37.0 Å². The van der Waals surface area contributed by atoms with E-state index in [0.29, 0.717) is 5.92 Å². The van der Waals surface area contributed by atoms with Crippen LogP contribution in [0.2, 0.25) is 0 Å². The summed E-state index contributed by atoms with van der Waals surface area (Å²) >= 11 is 0. The molecule has 0 aromatic heterocycles. The van der Waals surface area contributed by atoms with Gasteiger partial charge in [0.2, 0.25) is 0 Å². The fraction of sp³-hybridized carbons (Fsp3) is 0.455. The van der Waals surface area contributed by atoms with Crippen molar-refractivity contribution >= 4 is 0 Å². The van der Waals surface area contributed by atoms with Gasteiger partial charge in [0, 0.05) is 5.56 Å². The van der Waals surface area contributed by atoms with Crippen molar-refractivity contribution in [1.82, 2.24) is 0 Å². The number of hydrogen-bond donors (Lipinski definition) is 0. The molecule has 1 nitrogen and oxygen atoms in total. The van der Waals surface area contributed by atoms with Crippen LogP contribution in [0.15, 0.2) is 12.1 Å². The van der Waals surface area contributed by atoms with Crippen molar-refractivity contribution in [3.05, 3.63) is 29.1 Å². The van der Waals surface area contributed by atoms with Gasteiger partial charge >= 0.3 is 0 Å². The Hall–Kier alpha value is -1.05. The molecule has 1 aromatic rings. The smallest absolute Gasteiger partial charge is 0.126 e. The van der Waals surface area contributed by atoms with E-state index in [2.05, 4.69) is 6.92 Å². The lowest BCUT2D eigenvalue weighted by Gasteiger charge is -2.24. The van der Waals surface area contributed by atoms with Crippen LogP contribution in [0.4, 0.5) is 4.39 Å². The topological polar surface area (TPSA) is 9.23 Å². The van der Waals surface area contributed by atoms with Crippen molar-refractivity contribution in [1.29, 1.82) is 0 Å². The normalized spacial score (nSPS) is 20.7. The zero-order chi connectivity index (χ0) is 9.42. The Kier molecular flexibility index (Phi) is 1.98. The van der Waals surface area contributed by atoms with Crippen LogP contribution in [0, 0.1) is 12.7 Å². The lowest BCUT2D eigenvalue weighted by Crippen LogP contribution is -2.13. The van der Waals surface area contributed by atoms with E-state index in [1.807, 2.05) is 6.92 Å². The lowest BCUT2D eigenvalue weighted by molar-refractivity contribution is 0.270. The van der Waals surface area contributed by atoms with Crippen LogP contribution < -0.4 is 4.74 Å². The molecule has 2 heteroatoms. The zero-order valence-electron chi connectivity index (χ0n) is 7.93. The highest BCUT2D eigenvalue weighted by Crippen LogP contribution is 2.36.